The molecule has 29 heavy (non-hydrogen) atoms. The zero-order valence-corrected chi connectivity index (χ0v) is 20.1. The minimum Gasteiger partial charge on any atom is -0.445 e. The maximum Gasteiger partial charge on any atom is 0.407 e. The first-order valence-electron chi connectivity index (χ1n) is 10.3. The molecule has 164 valence electrons. The van der Waals surface area contributed by atoms with Crippen LogP contribution in [0.4, 0.5) is 4.79 Å². The first-order chi connectivity index (χ1) is 13.3. The SMILES string of the molecule is C=C(CO[Si](C)(C)C(C)(C)C)C(O)C(CC(C)C)NC(=O)OCc1ccccc1. The number of benzene rings is 1. The first-order valence-corrected chi connectivity index (χ1v) is 13.2. The van der Waals surface area contributed by atoms with E-state index in [9.17, 15) is 9.90 Å². The van der Waals surface area contributed by atoms with Gasteiger partial charge in [-0.15, -0.1) is 0 Å². The number of alkyl carbamates (subject to hydrolysis) is 1. The van der Waals surface area contributed by atoms with Crippen LogP contribution in [0.3, 0.4) is 0 Å². The van der Waals surface area contributed by atoms with E-state index in [1.54, 1.807) is 0 Å². The fourth-order valence-electron chi connectivity index (χ4n) is 2.55. The molecule has 2 N–H and O–H groups in total. The quantitative estimate of drug-likeness (QED) is 0.399. The molecule has 0 aliphatic heterocycles. The molecule has 1 aromatic rings. The van der Waals surface area contributed by atoms with Crippen LogP contribution < -0.4 is 5.32 Å². The largest absolute Gasteiger partial charge is 0.445 e. The van der Waals surface area contributed by atoms with Crippen LogP contribution in [0.1, 0.15) is 46.6 Å². The van der Waals surface area contributed by atoms with Crippen LogP contribution in [-0.2, 0) is 15.8 Å². The normalized spacial score (nSPS) is 14.4. The van der Waals surface area contributed by atoms with E-state index >= 15 is 0 Å². The van der Waals surface area contributed by atoms with Gasteiger partial charge in [0.05, 0.1) is 18.8 Å². The van der Waals surface area contributed by atoms with Crippen LogP contribution in [0.5, 0.6) is 0 Å². The summed E-state index contributed by atoms with van der Waals surface area (Å²) >= 11 is 0. The van der Waals surface area contributed by atoms with Crippen molar-refractivity contribution in [3.63, 3.8) is 0 Å². The molecular weight excluding hydrogens is 382 g/mol. The van der Waals surface area contributed by atoms with Crippen LogP contribution in [0, 0.1) is 5.92 Å². The fraction of sp³-hybridized carbons (Fsp3) is 0.609. The van der Waals surface area contributed by atoms with Gasteiger partial charge in [0.2, 0.25) is 0 Å². The van der Waals surface area contributed by atoms with Crippen molar-refractivity contribution >= 4 is 14.4 Å². The molecule has 0 aliphatic rings. The Kier molecular flexibility index (Phi) is 9.59. The highest BCUT2D eigenvalue weighted by Crippen LogP contribution is 2.36. The molecule has 6 heteroatoms. The lowest BCUT2D eigenvalue weighted by Crippen LogP contribution is -2.47. The molecular formula is C23H39NO4Si. The Morgan fingerprint density at radius 2 is 1.79 bits per heavy atom. The van der Waals surface area contributed by atoms with Crippen molar-refractivity contribution in [2.45, 2.75) is 77.9 Å². The predicted molar refractivity (Wildman–Crippen MR) is 121 cm³/mol. The van der Waals surface area contributed by atoms with Crippen molar-refractivity contribution in [1.29, 1.82) is 0 Å². The van der Waals surface area contributed by atoms with E-state index in [-0.39, 0.29) is 24.2 Å². The molecule has 5 nitrogen and oxygen atoms in total. The molecule has 0 fully saturated rings. The van der Waals surface area contributed by atoms with E-state index in [4.69, 9.17) is 9.16 Å². The molecule has 1 amide bonds. The number of rotatable bonds is 10. The minimum absolute atomic E-state index is 0.0784. The fourth-order valence-corrected chi connectivity index (χ4v) is 3.53. The summed E-state index contributed by atoms with van der Waals surface area (Å²) < 4.78 is 11.5. The van der Waals surface area contributed by atoms with Gasteiger partial charge in [-0.1, -0.05) is 71.5 Å². The Bertz CT molecular complexity index is 653. The summed E-state index contributed by atoms with van der Waals surface area (Å²) in [4.78, 5) is 12.3. The number of carbonyl (C=O) groups is 1. The number of ether oxygens (including phenoxy) is 1. The summed E-state index contributed by atoms with van der Waals surface area (Å²) in [6.07, 6.45) is -0.830. The molecule has 0 aromatic heterocycles. The van der Waals surface area contributed by atoms with E-state index in [0.717, 1.165) is 5.56 Å². The first kappa shape index (κ1) is 25.4. The lowest BCUT2D eigenvalue weighted by molar-refractivity contribution is 0.105. The maximum atomic E-state index is 12.3. The molecule has 0 heterocycles. The van der Waals surface area contributed by atoms with Crippen LogP contribution >= 0.6 is 0 Å². The van der Waals surface area contributed by atoms with Crippen LogP contribution in [0.2, 0.25) is 18.1 Å². The Balaban J connectivity index is 2.67. The van der Waals surface area contributed by atoms with Crippen molar-refractivity contribution in [3.05, 3.63) is 48.0 Å². The summed E-state index contributed by atoms with van der Waals surface area (Å²) in [5, 5.41) is 13.7. The van der Waals surface area contributed by atoms with E-state index in [1.165, 1.54) is 0 Å². The van der Waals surface area contributed by atoms with E-state index in [0.29, 0.717) is 12.0 Å². The highest BCUT2D eigenvalue weighted by molar-refractivity contribution is 6.74. The third kappa shape index (κ3) is 8.72. The summed E-state index contributed by atoms with van der Waals surface area (Å²) in [7, 11) is -1.95. The predicted octanol–water partition coefficient (Wildman–Crippen LogP) is 5.27. The average Bonchev–Trinajstić information content (AvgIpc) is 2.63. The summed E-state index contributed by atoms with van der Waals surface area (Å²) in [5.74, 6) is 0.290. The van der Waals surface area contributed by atoms with Gasteiger partial charge in [0, 0.05) is 0 Å². The van der Waals surface area contributed by atoms with Crippen molar-refractivity contribution in [2.75, 3.05) is 6.61 Å². The Morgan fingerprint density at radius 1 is 1.21 bits per heavy atom. The van der Waals surface area contributed by atoms with Gasteiger partial charge in [0.25, 0.3) is 0 Å². The topological polar surface area (TPSA) is 67.8 Å². The zero-order valence-electron chi connectivity index (χ0n) is 19.1. The van der Waals surface area contributed by atoms with E-state index < -0.39 is 26.6 Å². The lowest BCUT2D eigenvalue weighted by Gasteiger charge is -2.37. The van der Waals surface area contributed by atoms with Crippen LogP contribution in [0.25, 0.3) is 0 Å². The molecule has 2 unspecified atom stereocenters. The van der Waals surface area contributed by atoms with E-state index in [1.807, 2.05) is 44.2 Å². The molecule has 0 saturated heterocycles. The Morgan fingerprint density at radius 3 is 2.31 bits per heavy atom. The number of carbonyl (C=O) groups excluding carboxylic acids is 1. The van der Waals surface area contributed by atoms with Crippen LogP contribution in [0.15, 0.2) is 42.5 Å². The number of hydrogen-bond donors (Lipinski definition) is 2. The molecule has 0 aliphatic carbocycles. The van der Waals surface area contributed by atoms with Gasteiger partial charge in [-0.2, -0.15) is 0 Å². The Hall–Kier alpha value is -1.63. The zero-order chi connectivity index (χ0) is 22.2. The number of aliphatic hydroxyl groups excluding tert-OH is 1. The van der Waals surface area contributed by atoms with E-state index in [2.05, 4.69) is 45.8 Å². The monoisotopic (exact) mass is 421 g/mol. The molecule has 1 aromatic carbocycles. The molecule has 1 rings (SSSR count). The van der Waals surface area contributed by atoms with Crippen LogP contribution in [-0.4, -0.2) is 38.3 Å². The molecule has 0 bridgehead atoms. The van der Waals surface area contributed by atoms with Crippen molar-refractivity contribution in [2.24, 2.45) is 5.92 Å². The standard InChI is InChI=1S/C23H39NO4Si/c1-17(2)14-20(24-22(26)27-16-19-12-10-9-11-13-19)21(25)18(3)15-28-29(7,8)23(4,5)6/h9-13,17,20-21,25H,3,14-16H2,1-2,4-8H3,(H,24,26). The smallest absolute Gasteiger partial charge is 0.407 e. The van der Waals surface area contributed by atoms with Crippen molar-refractivity contribution < 1.29 is 19.1 Å². The third-order valence-corrected chi connectivity index (χ3v) is 9.94. The highest BCUT2D eigenvalue weighted by Gasteiger charge is 2.37. The number of aliphatic hydroxyl groups is 1. The average molecular weight is 422 g/mol. The van der Waals surface area contributed by atoms with Gasteiger partial charge in [-0.05, 0) is 41.6 Å². The van der Waals surface area contributed by atoms with Crippen molar-refractivity contribution in [1.82, 2.24) is 5.32 Å². The van der Waals surface area contributed by atoms with Gasteiger partial charge >= 0.3 is 6.09 Å². The number of amides is 1. The highest BCUT2D eigenvalue weighted by atomic mass is 28.4. The molecule has 0 radical (unpaired) electrons. The van der Waals surface area contributed by atoms with Gasteiger partial charge < -0.3 is 19.6 Å². The van der Waals surface area contributed by atoms with Crippen molar-refractivity contribution in [3.8, 4) is 0 Å². The summed E-state index contributed by atoms with van der Waals surface area (Å²) in [6, 6.07) is 9.02. The molecule has 0 saturated carbocycles. The second-order valence-corrected chi connectivity index (χ2v) is 14.4. The van der Waals surface area contributed by atoms with Gasteiger partial charge in [0.15, 0.2) is 8.32 Å². The second kappa shape index (κ2) is 10.9. The number of nitrogens with one attached hydrogen (secondary N) is 1. The minimum atomic E-state index is -1.95. The molecule has 2 atom stereocenters. The third-order valence-electron chi connectivity index (χ3n) is 5.47. The second-order valence-electron chi connectivity index (χ2n) is 9.59. The summed E-state index contributed by atoms with van der Waals surface area (Å²) in [6.45, 7) is 19.4. The summed E-state index contributed by atoms with van der Waals surface area (Å²) in [5.41, 5.74) is 1.49. The Labute approximate surface area is 177 Å². The lowest BCUT2D eigenvalue weighted by atomic mass is 9.95. The van der Waals surface area contributed by atoms with Gasteiger partial charge in [0.1, 0.15) is 6.61 Å². The van der Waals surface area contributed by atoms with Gasteiger partial charge in [-0.3, -0.25) is 0 Å². The molecule has 0 spiro atoms. The van der Waals surface area contributed by atoms with Gasteiger partial charge in [-0.25, -0.2) is 4.79 Å². The number of hydrogen-bond acceptors (Lipinski definition) is 4. The maximum absolute atomic E-state index is 12.3.